The first-order valence-electron chi connectivity index (χ1n) is 16.0. The van der Waals surface area contributed by atoms with Crippen molar-refractivity contribution in [1.29, 1.82) is 5.26 Å². The zero-order valence-corrected chi connectivity index (χ0v) is 27.1. The largest absolute Gasteiger partial charge is 0.307 e. The lowest BCUT2D eigenvalue weighted by molar-refractivity contribution is 1.17. The van der Waals surface area contributed by atoms with Crippen LogP contribution >= 0.6 is 0 Å². The van der Waals surface area contributed by atoms with Crippen molar-refractivity contribution in [2.24, 2.45) is 0 Å². The molecule has 0 saturated carbocycles. The highest BCUT2D eigenvalue weighted by atomic mass is 28.3. The monoisotopic (exact) mass is 627 g/mol. The first-order chi connectivity index (χ1) is 23.8. The van der Waals surface area contributed by atoms with Crippen molar-refractivity contribution in [2.75, 3.05) is 0 Å². The molecule has 0 radical (unpaired) electrons. The Labute approximate surface area is 281 Å². The molecule has 8 rings (SSSR count). The summed E-state index contributed by atoms with van der Waals surface area (Å²) in [5.74, 6) is 0. The number of aromatic nitrogens is 1. The molecule has 0 aliphatic carbocycles. The Bertz CT molecular complexity index is 2370. The Morgan fingerprint density at radius 3 is 1.54 bits per heavy atom. The van der Waals surface area contributed by atoms with Gasteiger partial charge >= 0.3 is 0 Å². The van der Waals surface area contributed by atoms with Gasteiger partial charge in [0.2, 0.25) is 0 Å². The predicted octanol–water partition coefficient (Wildman–Crippen LogP) is 8.25. The molecule has 0 bridgehead atoms. The number of hydrogen-bond donors (Lipinski definition) is 0. The standard InChI is InChI=1S/C44H29N3Si/c1-46-40-29-28-32(30-43(40)48(34-17-5-2-6-18-34,35-19-7-3-8-20-35)36-21-9-4-10-22-36)37-25-15-16-33(31-45)44(37)47-41-26-13-11-23-38(41)39-24-12-14-27-42(39)47/h2-30H. The van der Waals surface area contributed by atoms with Crippen LogP contribution in [0.15, 0.2) is 176 Å². The highest BCUT2D eigenvalue weighted by Crippen LogP contribution is 2.38. The lowest BCUT2D eigenvalue weighted by atomic mass is 9.99. The van der Waals surface area contributed by atoms with Crippen LogP contribution in [0.5, 0.6) is 0 Å². The molecule has 1 aromatic heterocycles. The molecule has 0 aliphatic heterocycles. The van der Waals surface area contributed by atoms with Crippen molar-refractivity contribution >= 4 is 56.3 Å². The van der Waals surface area contributed by atoms with Crippen LogP contribution in [-0.4, -0.2) is 12.6 Å². The van der Waals surface area contributed by atoms with E-state index < -0.39 is 8.07 Å². The van der Waals surface area contributed by atoms with Gasteiger partial charge in [-0.1, -0.05) is 158 Å². The van der Waals surface area contributed by atoms with E-state index >= 15 is 0 Å². The summed E-state index contributed by atoms with van der Waals surface area (Å²) < 4.78 is 2.23. The number of benzene rings is 7. The maximum Gasteiger partial charge on any atom is 0.187 e. The third-order valence-corrected chi connectivity index (χ3v) is 14.2. The number of fused-ring (bicyclic) bond motifs is 3. The first kappa shape index (κ1) is 29.0. The van der Waals surface area contributed by atoms with Crippen molar-refractivity contribution in [3.8, 4) is 22.9 Å². The van der Waals surface area contributed by atoms with Crippen LogP contribution < -0.4 is 20.7 Å². The lowest BCUT2D eigenvalue weighted by Gasteiger charge is -2.35. The molecule has 0 aliphatic rings. The first-order valence-corrected chi connectivity index (χ1v) is 18.0. The van der Waals surface area contributed by atoms with E-state index in [1.54, 1.807) is 0 Å². The number of nitriles is 1. The Morgan fingerprint density at radius 2 is 1.04 bits per heavy atom. The molecular weight excluding hydrogens is 599 g/mol. The topological polar surface area (TPSA) is 33.1 Å². The fraction of sp³-hybridized carbons (Fsp3) is 0. The molecule has 7 aromatic carbocycles. The minimum Gasteiger partial charge on any atom is -0.307 e. The van der Waals surface area contributed by atoms with E-state index in [0.29, 0.717) is 11.3 Å². The van der Waals surface area contributed by atoms with Crippen molar-refractivity contribution in [1.82, 2.24) is 4.57 Å². The normalized spacial score (nSPS) is 11.3. The van der Waals surface area contributed by atoms with Gasteiger partial charge < -0.3 is 4.57 Å². The van der Waals surface area contributed by atoms with Crippen LogP contribution in [0.4, 0.5) is 5.69 Å². The van der Waals surface area contributed by atoms with Gasteiger partial charge in [0.05, 0.1) is 28.9 Å². The summed E-state index contributed by atoms with van der Waals surface area (Å²) in [6, 6.07) is 63.5. The summed E-state index contributed by atoms with van der Waals surface area (Å²) >= 11 is 0. The van der Waals surface area contributed by atoms with E-state index in [0.717, 1.165) is 43.8 Å². The van der Waals surface area contributed by atoms with Gasteiger partial charge in [-0.05, 0) is 44.5 Å². The molecule has 0 fully saturated rings. The highest BCUT2D eigenvalue weighted by molar-refractivity contribution is 7.20. The minimum absolute atomic E-state index is 0.590. The molecule has 0 spiro atoms. The second-order valence-electron chi connectivity index (χ2n) is 11.9. The Balaban J connectivity index is 1.49. The molecule has 1 heterocycles. The fourth-order valence-corrected chi connectivity index (χ4v) is 12.3. The number of para-hydroxylation sites is 3. The highest BCUT2D eigenvalue weighted by Gasteiger charge is 2.42. The second-order valence-corrected chi connectivity index (χ2v) is 15.6. The molecule has 224 valence electrons. The quantitative estimate of drug-likeness (QED) is 0.104. The molecule has 0 unspecified atom stereocenters. The van der Waals surface area contributed by atoms with Crippen molar-refractivity contribution < 1.29 is 0 Å². The average molecular weight is 628 g/mol. The summed E-state index contributed by atoms with van der Waals surface area (Å²) in [6.07, 6.45) is 0. The zero-order valence-electron chi connectivity index (χ0n) is 26.1. The maximum absolute atomic E-state index is 10.5. The Morgan fingerprint density at radius 1 is 0.542 bits per heavy atom. The van der Waals surface area contributed by atoms with Crippen LogP contribution in [0.25, 0.3) is 43.5 Å². The lowest BCUT2D eigenvalue weighted by Crippen LogP contribution is -2.74. The van der Waals surface area contributed by atoms with E-state index in [-0.39, 0.29) is 0 Å². The molecule has 0 amide bonds. The van der Waals surface area contributed by atoms with Gasteiger partial charge in [-0.25, -0.2) is 4.85 Å². The SMILES string of the molecule is [C-]#[N+]c1ccc(-c2cccc(C#N)c2-n2c3ccccc3c3ccccc32)cc1[Si](c1ccccc1)(c1ccccc1)c1ccccc1. The van der Waals surface area contributed by atoms with E-state index in [9.17, 15) is 5.26 Å². The van der Waals surface area contributed by atoms with Gasteiger partial charge in [-0.3, -0.25) is 0 Å². The van der Waals surface area contributed by atoms with E-state index in [1.807, 2.05) is 24.3 Å². The molecule has 48 heavy (non-hydrogen) atoms. The summed E-state index contributed by atoms with van der Waals surface area (Å²) in [5, 5.41) is 17.5. The van der Waals surface area contributed by atoms with Gasteiger partial charge in [-0.15, -0.1) is 0 Å². The van der Waals surface area contributed by atoms with Gasteiger partial charge in [0.25, 0.3) is 0 Å². The van der Waals surface area contributed by atoms with Crippen LogP contribution in [-0.2, 0) is 0 Å². The van der Waals surface area contributed by atoms with Crippen LogP contribution in [0.2, 0.25) is 0 Å². The third kappa shape index (κ3) is 4.48. The molecule has 3 nitrogen and oxygen atoms in total. The predicted molar refractivity (Wildman–Crippen MR) is 201 cm³/mol. The van der Waals surface area contributed by atoms with E-state index in [2.05, 4.69) is 167 Å². The van der Waals surface area contributed by atoms with Crippen LogP contribution in [0.1, 0.15) is 5.56 Å². The van der Waals surface area contributed by atoms with Crippen LogP contribution in [0.3, 0.4) is 0 Å². The van der Waals surface area contributed by atoms with Gasteiger partial charge in [-0.2, -0.15) is 5.26 Å². The van der Waals surface area contributed by atoms with Crippen LogP contribution in [0, 0.1) is 17.9 Å². The van der Waals surface area contributed by atoms with Gasteiger partial charge in [0.15, 0.2) is 13.8 Å². The summed E-state index contributed by atoms with van der Waals surface area (Å²) in [5.41, 5.74) is 6.06. The Kier molecular flexibility index (Phi) is 7.27. The molecule has 0 atom stereocenters. The molecule has 0 N–H and O–H groups in total. The maximum atomic E-state index is 10.5. The third-order valence-electron chi connectivity index (χ3n) is 9.41. The number of hydrogen-bond acceptors (Lipinski definition) is 1. The zero-order chi connectivity index (χ0) is 32.5. The number of rotatable bonds is 6. The fourth-order valence-electron chi connectivity index (χ4n) is 7.40. The summed E-state index contributed by atoms with van der Waals surface area (Å²) in [7, 11) is -3.01. The molecular formula is C44H29N3Si. The number of nitrogens with zero attached hydrogens (tertiary/aromatic N) is 3. The van der Waals surface area contributed by atoms with Crippen molar-refractivity contribution in [3.05, 3.63) is 193 Å². The van der Waals surface area contributed by atoms with E-state index in [1.165, 1.54) is 15.6 Å². The molecule has 4 heteroatoms. The van der Waals surface area contributed by atoms with Gasteiger partial charge in [0.1, 0.15) is 6.07 Å². The smallest absolute Gasteiger partial charge is 0.187 e. The summed E-state index contributed by atoms with van der Waals surface area (Å²) in [6.45, 7) is 8.43. The molecule has 8 aromatic rings. The second kappa shape index (κ2) is 12.0. The molecule has 0 saturated heterocycles. The average Bonchev–Trinajstić information content (AvgIpc) is 3.50. The minimum atomic E-state index is -3.01. The van der Waals surface area contributed by atoms with Crippen molar-refractivity contribution in [3.63, 3.8) is 0 Å². The van der Waals surface area contributed by atoms with E-state index in [4.69, 9.17) is 6.57 Å². The van der Waals surface area contributed by atoms with Crippen molar-refractivity contribution in [2.45, 2.75) is 0 Å². The van der Waals surface area contributed by atoms with Gasteiger partial charge in [0, 0.05) is 16.3 Å². The summed E-state index contributed by atoms with van der Waals surface area (Å²) in [4.78, 5) is 4.16. The Hall–Kier alpha value is -6.46.